The highest BCUT2D eigenvalue weighted by atomic mass is 16.5. The van der Waals surface area contributed by atoms with Crippen LogP contribution in [0.5, 0.6) is 23.0 Å². The fourth-order valence-electron chi connectivity index (χ4n) is 3.77. The second kappa shape index (κ2) is 11.5. The van der Waals surface area contributed by atoms with Gasteiger partial charge in [0.05, 0.1) is 7.11 Å². The molecule has 0 saturated carbocycles. The lowest BCUT2D eigenvalue weighted by Crippen LogP contribution is -2.39. The SMILES string of the molecule is COC(=O)c1ccccc1Oc1ccc2c(c1)CC[C@H](CNC[C@H](O)COc1ccccc1)O2. The maximum absolute atomic E-state index is 12.0. The Morgan fingerprint density at radius 1 is 1.09 bits per heavy atom. The Morgan fingerprint density at radius 2 is 1.88 bits per heavy atom. The van der Waals surface area contributed by atoms with Gasteiger partial charge in [-0.05, 0) is 60.9 Å². The summed E-state index contributed by atoms with van der Waals surface area (Å²) in [6.07, 6.45) is 1.10. The number of hydrogen-bond donors (Lipinski definition) is 2. The van der Waals surface area contributed by atoms with Crippen LogP contribution >= 0.6 is 0 Å². The van der Waals surface area contributed by atoms with E-state index in [4.69, 9.17) is 18.9 Å². The van der Waals surface area contributed by atoms with Gasteiger partial charge in [0.15, 0.2) is 0 Å². The summed E-state index contributed by atoms with van der Waals surface area (Å²) < 4.78 is 22.5. The number of benzene rings is 3. The van der Waals surface area contributed by atoms with E-state index in [-0.39, 0.29) is 12.7 Å². The summed E-state index contributed by atoms with van der Waals surface area (Å²) in [5.74, 6) is 2.20. The van der Waals surface area contributed by atoms with Crippen molar-refractivity contribution in [2.24, 2.45) is 0 Å². The van der Waals surface area contributed by atoms with Crippen LogP contribution in [-0.4, -0.2) is 50.1 Å². The molecule has 0 spiro atoms. The zero-order valence-electron chi connectivity index (χ0n) is 19.1. The third kappa shape index (κ3) is 6.27. The number of para-hydroxylation sites is 2. The molecule has 3 aromatic rings. The maximum atomic E-state index is 12.0. The molecule has 34 heavy (non-hydrogen) atoms. The number of hydrogen-bond acceptors (Lipinski definition) is 7. The Hall–Kier alpha value is -3.55. The van der Waals surface area contributed by atoms with Crippen molar-refractivity contribution in [1.82, 2.24) is 5.32 Å². The van der Waals surface area contributed by atoms with Crippen LogP contribution in [0.15, 0.2) is 72.8 Å². The third-order valence-electron chi connectivity index (χ3n) is 5.52. The molecule has 178 valence electrons. The molecule has 3 aromatic carbocycles. The summed E-state index contributed by atoms with van der Waals surface area (Å²) in [5, 5.41) is 13.4. The molecule has 0 saturated heterocycles. The largest absolute Gasteiger partial charge is 0.491 e. The molecule has 2 N–H and O–H groups in total. The highest BCUT2D eigenvalue weighted by Crippen LogP contribution is 2.33. The number of fused-ring (bicyclic) bond motifs is 1. The normalized spacial score (nSPS) is 15.5. The zero-order valence-corrected chi connectivity index (χ0v) is 19.1. The van der Waals surface area contributed by atoms with Crippen molar-refractivity contribution in [3.63, 3.8) is 0 Å². The number of aliphatic hydroxyl groups is 1. The smallest absolute Gasteiger partial charge is 0.341 e. The van der Waals surface area contributed by atoms with Crippen molar-refractivity contribution in [3.05, 3.63) is 83.9 Å². The average Bonchev–Trinajstić information content (AvgIpc) is 2.88. The summed E-state index contributed by atoms with van der Waals surface area (Å²) in [5.41, 5.74) is 1.43. The van der Waals surface area contributed by atoms with Crippen LogP contribution in [0, 0.1) is 0 Å². The minimum Gasteiger partial charge on any atom is -0.491 e. The predicted octanol–water partition coefficient (Wildman–Crippen LogP) is 3.99. The van der Waals surface area contributed by atoms with E-state index in [0.717, 1.165) is 29.9 Å². The number of carbonyl (C=O) groups is 1. The minimum atomic E-state index is -0.608. The average molecular weight is 464 g/mol. The first-order valence-electron chi connectivity index (χ1n) is 11.3. The van der Waals surface area contributed by atoms with Gasteiger partial charge in [-0.15, -0.1) is 0 Å². The van der Waals surface area contributed by atoms with Crippen molar-refractivity contribution >= 4 is 5.97 Å². The first-order chi connectivity index (χ1) is 16.6. The lowest BCUT2D eigenvalue weighted by Gasteiger charge is -2.27. The number of aryl methyl sites for hydroxylation is 1. The molecule has 0 aliphatic carbocycles. The van der Waals surface area contributed by atoms with E-state index in [2.05, 4.69) is 5.32 Å². The Bertz CT molecular complexity index is 1090. The van der Waals surface area contributed by atoms with Gasteiger partial charge in [-0.1, -0.05) is 30.3 Å². The predicted molar refractivity (Wildman–Crippen MR) is 128 cm³/mol. The third-order valence-corrected chi connectivity index (χ3v) is 5.52. The molecule has 0 unspecified atom stereocenters. The van der Waals surface area contributed by atoms with Gasteiger partial charge in [-0.2, -0.15) is 0 Å². The van der Waals surface area contributed by atoms with E-state index in [1.165, 1.54) is 7.11 Å². The lowest BCUT2D eigenvalue weighted by molar-refractivity contribution is 0.0598. The molecule has 0 aromatic heterocycles. The molecule has 7 nitrogen and oxygen atoms in total. The molecule has 1 aliphatic rings. The van der Waals surface area contributed by atoms with Crippen LogP contribution in [-0.2, 0) is 11.2 Å². The Labute approximate surface area is 199 Å². The van der Waals surface area contributed by atoms with E-state index in [0.29, 0.717) is 30.2 Å². The molecule has 0 fully saturated rings. The zero-order chi connectivity index (χ0) is 23.8. The van der Waals surface area contributed by atoms with Crippen molar-refractivity contribution in [2.45, 2.75) is 25.0 Å². The summed E-state index contributed by atoms with van der Waals surface area (Å²) >= 11 is 0. The quantitative estimate of drug-likeness (QED) is 0.440. The first-order valence-corrected chi connectivity index (χ1v) is 11.3. The van der Waals surface area contributed by atoms with E-state index in [1.54, 1.807) is 18.2 Å². The number of carbonyl (C=O) groups excluding carboxylic acids is 1. The molecule has 7 heteroatoms. The topological polar surface area (TPSA) is 86.3 Å². The fourth-order valence-corrected chi connectivity index (χ4v) is 3.77. The maximum Gasteiger partial charge on any atom is 0.341 e. The van der Waals surface area contributed by atoms with Crippen LogP contribution in [0.1, 0.15) is 22.3 Å². The van der Waals surface area contributed by atoms with Gasteiger partial charge in [0, 0.05) is 13.1 Å². The second-order valence-corrected chi connectivity index (χ2v) is 8.07. The molecular formula is C27H29NO6. The molecule has 4 rings (SSSR count). The van der Waals surface area contributed by atoms with Gasteiger partial charge in [0.25, 0.3) is 0 Å². The molecule has 1 aliphatic heterocycles. The Kier molecular flexibility index (Phi) is 8.01. The summed E-state index contributed by atoms with van der Waals surface area (Å²) in [6.45, 7) is 1.28. The van der Waals surface area contributed by atoms with Gasteiger partial charge < -0.3 is 29.4 Å². The molecule has 0 bridgehead atoms. The van der Waals surface area contributed by atoms with Crippen LogP contribution < -0.4 is 19.5 Å². The molecular weight excluding hydrogens is 434 g/mol. The standard InChI is InChI=1S/C27H29NO6/c1-31-27(30)24-9-5-6-10-26(24)33-22-13-14-25-19(15-22)11-12-23(34-25)17-28-16-20(29)18-32-21-7-3-2-4-8-21/h2-10,13-15,20,23,28-29H,11-12,16-18H2,1H3/t20-,23+/m0/s1. The van der Waals surface area contributed by atoms with E-state index >= 15 is 0 Å². The number of nitrogens with one attached hydrogen (secondary N) is 1. The van der Waals surface area contributed by atoms with E-state index in [9.17, 15) is 9.90 Å². The van der Waals surface area contributed by atoms with Crippen LogP contribution in [0.2, 0.25) is 0 Å². The first kappa shape index (κ1) is 23.6. The number of esters is 1. The molecule has 0 amide bonds. The fraction of sp³-hybridized carbons (Fsp3) is 0.296. The van der Waals surface area contributed by atoms with E-state index in [1.807, 2.05) is 54.6 Å². The van der Waals surface area contributed by atoms with Crippen LogP contribution in [0.4, 0.5) is 0 Å². The van der Waals surface area contributed by atoms with Crippen molar-refractivity contribution in [2.75, 3.05) is 26.8 Å². The highest BCUT2D eigenvalue weighted by molar-refractivity contribution is 5.92. The summed E-state index contributed by atoms with van der Waals surface area (Å²) in [6, 6.07) is 22.1. The number of rotatable bonds is 10. The molecule has 1 heterocycles. The summed E-state index contributed by atoms with van der Waals surface area (Å²) in [7, 11) is 1.35. The van der Waals surface area contributed by atoms with E-state index < -0.39 is 12.1 Å². The van der Waals surface area contributed by atoms with Crippen LogP contribution in [0.3, 0.4) is 0 Å². The lowest BCUT2D eigenvalue weighted by atomic mass is 10.0. The summed E-state index contributed by atoms with van der Waals surface area (Å²) in [4.78, 5) is 12.0. The van der Waals surface area contributed by atoms with Crippen LogP contribution in [0.25, 0.3) is 0 Å². The number of methoxy groups -OCH3 is 1. The molecule has 0 radical (unpaired) electrons. The van der Waals surface area contributed by atoms with Gasteiger partial charge in [-0.3, -0.25) is 0 Å². The van der Waals surface area contributed by atoms with Crippen molar-refractivity contribution in [1.29, 1.82) is 0 Å². The monoisotopic (exact) mass is 463 g/mol. The van der Waals surface area contributed by atoms with Crippen molar-refractivity contribution in [3.8, 4) is 23.0 Å². The highest BCUT2D eigenvalue weighted by Gasteiger charge is 2.21. The van der Waals surface area contributed by atoms with Crippen molar-refractivity contribution < 1.29 is 28.8 Å². The van der Waals surface area contributed by atoms with Gasteiger partial charge >= 0.3 is 5.97 Å². The second-order valence-electron chi connectivity index (χ2n) is 8.07. The molecule has 2 atom stereocenters. The number of aliphatic hydroxyl groups excluding tert-OH is 1. The Morgan fingerprint density at radius 3 is 2.71 bits per heavy atom. The minimum absolute atomic E-state index is 0.0153. The Balaban J connectivity index is 1.26. The van der Waals surface area contributed by atoms with Gasteiger partial charge in [0.1, 0.15) is 47.4 Å². The van der Waals surface area contributed by atoms with Gasteiger partial charge in [-0.25, -0.2) is 4.79 Å². The van der Waals surface area contributed by atoms with Gasteiger partial charge in [0.2, 0.25) is 0 Å². The number of ether oxygens (including phenoxy) is 4.